The summed E-state index contributed by atoms with van der Waals surface area (Å²) in [5.41, 5.74) is 5.31. The summed E-state index contributed by atoms with van der Waals surface area (Å²) in [5.74, 6) is -0.338. The van der Waals surface area contributed by atoms with E-state index in [4.69, 9.17) is 0 Å². The lowest BCUT2D eigenvalue weighted by molar-refractivity contribution is 0.0918. The molecule has 168 valence electrons. The molecular formula is C26H26FN5O. The molecule has 1 aromatic carbocycles. The highest BCUT2D eigenvalue weighted by Crippen LogP contribution is 2.32. The lowest BCUT2D eigenvalue weighted by atomic mass is 9.98. The van der Waals surface area contributed by atoms with Crippen LogP contribution in [0.2, 0.25) is 0 Å². The first-order valence-electron chi connectivity index (χ1n) is 11.2. The number of nitrogens with zero attached hydrogens (tertiary/aromatic N) is 4. The monoisotopic (exact) mass is 443 g/mol. The minimum absolute atomic E-state index is 0.0997. The summed E-state index contributed by atoms with van der Waals surface area (Å²) in [6.07, 6.45) is 7.10. The molecule has 33 heavy (non-hydrogen) atoms. The lowest BCUT2D eigenvalue weighted by Crippen LogP contribution is -2.43. The Morgan fingerprint density at radius 1 is 1.12 bits per heavy atom. The topological polar surface area (TPSA) is 62.5 Å². The molecule has 3 aromatic heterocycles. The maximum Gasteiger partial charge on any atom is 0.255 e. The SMILES string of the molecule is Cc1cc(-c2ncccc2-c2ccn3ncc(C(=O)NC4CCN(C)CC4)c3c2)ccc1F. The Hall–Kier alpha value is -3.58. The number of hydrogen-bond donors (Lipinski definition) is 1. The molecule has 1 aliphatic heterocycles. The van der Waals surface area contributed by atoms with Gasteiger partial charge in [0.05, 0.1) is 23.0 Å². The van der Waals surface area contributed by atoms with E-state index in [1.807, 2.05) is 30.5 Å². The summed E-state index contributed by atoms with van der Waals surface area (Å²) in [6.45, 7) is 3.71. The van der Waals surface area contributed by atoms with Crippen LogP contribution < -0.4 is 5.32 Å². The number of pyridine rings is 2. The van der Waals surface area contributed by atoms with Gasteiger partial charge >= 0.3 is 0 Å². The number of carbonyl (C=O) groups excluding carboxylic acids is 1. The minimum atomic E-state index is -0.239. The number of rotatable bonds is 4. The van der Waals surface area contributed by atoms with Gasteiger partial charge in [0.1, 0.15) is 5.82 Å². The Labute approximate surface area is 192 Å². The van der Waals surface area contributed by atoms with Crippen LogP contribution in [0.25, 0.3) is 27.9 Å². The Bertz CT molecular complexity index is 1320. The first-order chi connectivity index (χ1) is 16.0. The Morgan fingerprint density at radius 3 is 2.73 bits per heavy atom. The van der Waals surface area contributed by atoms with E-state index in [2.05, 4.69) is 27.3 Å². The van der Waals surface area contributed by atoms with Gasteiger partial charge in [-0.25, -0.2) is 8.91 Å². The first-order valence-corrected chi connectivity index (χ1v) is 11.2. The van der Waals surface area contributed by atoms with Crippen LogP contribution in [0.3, 0.4) is 0 Å². The van der Waals surface area contributed by atoms with E-state index in [1.165, 1.54) is 6.07 Å². The van der Waals surface area contributed by atoms with Gasteiger partial charge in [0, 0.05) is 29.6 Å². The molecule has 0 radical (unpaired) electrons. The third-order valence-electron chi connectivity index (χ3n) is 6.37. The van der Waals surface area contributed by atoms with E-state index in [1.54, 1.807) is 36.0 Å². The van der Waals surface area contributed by atoms with Gasteiger partial charge in [-0.05, 0) is 87.4 Å². The van der Waals surface area contributed by atoms with Crippen LogP contribution in [0.5, 0.6) is 0 Å². The van der Waals surface area contributed by atoms with Crippen molar-refractivity contribution in [2.75, 3.05) is 20.1 Å². The summed E-state index contributed by atoms with van der Waals surface area (Å²) < 4.78 is 15.5. The van der Waals surface area contributed by atoms with Crippen LogP contribution in [0, 0.1) is 12.7 Å². The normalized spacial score (nSPS) is 15.1. The second kappa shape index (κ2) is 8.75. The van der Waals surface area contributed by atoms with Crippen molar-refractivity contribution in [3.63, 3.8) is 0 Å². The van der Waals surface area contributed by atoms with Crippen LogP contribution in [-0.4, -0.2) is 51.6 Å². The van der Waals surface area contributed by atoms with E-state index in [0.717, 1.165) is 53.8 Å². The number of benzene rings is 1. The molecule has 0 bridgehead atoms. The second-order valence-electron chi connectivity index (χ2n) is 8.72. The van der Waals surface area contributed by atoms with Crippen LogP contribution in [-0.2, 0) is 0 Å². The molecule has 1 N–H and O–H groups in total. The van der Waals surface area contributed by atoms with Crippen molar-refractivity contribution in [3.05, 3.63) is 78.0 Å². The number of nitrogens with one attached hydrogen (secondary N) is 1. The van der Waals surface area contributed by atoms with Gasteiger partial charge in [0.25, 0.3) is 5.91 Å². The molecule has 0 spiro atoms. The summed E-state index contributed by atoms with van der Waals surface area (Å²) in [4.78, 5) is 19.9. The van der Waals surface area contributed by atoms with Crippen molar-refractivity contribution in [3.8, 4) is 22.4 Å². The van der Waals surface area contributed by atoms with Gasteiger partial charge in [-0.15, -0.1) is 0 Å². The van der Waals surface area contributed by atoms with Crippen molar-refractivity contribution in [2.45, 2.75) is 25.8 Å². The molecule has 1 amide bonds. The fraction of sp³-hybridized carbons (Fsp3) is 0.269. The number of carbonyl (C=O) groups is 1. The van der Waals surface area contributed by atoms with Gasteiger partial charge in [0.2, 0.25) is 0 Å². The van der Waals surface area contributed by atoms with Crippen molar-refractivity contribution >= 4 is 11.4 Å². The van der Waals surface area contributed by atoms with E-state index >= 15 is 0 Å². The Kier molecular flexibility index (Phi) is 5.64. The largest absolute Gasteiger partial charge is 0.349 e. The highest BCUT2D eigenvalue weighted by atomic mass is 19.1. The standard InChI is InChI=1S/C26H26FN5O/c1-17-14-19(5-6-23(17)27)25-21(4-3-10-28-25)18-7-13-32-24(15-18)22(16-29-32)26(33)30-20-8-11-31(2)12-9-20/h3-7,10,13-16,20H,8-9,11-12H2,1-2H3,(H,30,33). The molecule has 1 aliphatic rings. The zero-order chi connectivity index (χ0) is 22.9. The van der Waals surface area contributed by atoms with Crippen molar-refractivity contribution in [2.24, 2.45) is 0 Å². The van der Waals surface area contributed by atoms with Crippen LogP contribution >= 0.6 is 0 Å². The summed E-state index contributed by atoms with van der Waals surface area (Å²) >= 11 is 0. The number of hydrogen-bond acceptors (Lipinski definition) is 4. The Morgan fingerprint density at radius 2 is 1.94 bits per heavy atom. The molecule has 4 aromatic rings. The van der Waals surface area contributed by atoms with Crippen molar-refractivity contribution < 1.29 is 9.18 Å². The Balaban J connectivity index is 1.49. The number of likely N-dealkylation sites (tertiary alicyclic amines) is 1. The highest BCUT2D eigenvalue weighted by Gasteiger charge is 2.21. The van der Waals surface area contributed by atoms with Crippen LogP contribution in [0.4, 0.5) is 4.39 Å². The van der Waals surface area contributed by atoms with E-state index < -0.39 is 0 Å². The molecule has 1 fully saturated rings. The van der Waals surface area contributed by atoms with E-state index in [-0.39, 0.29) is 17.8 Å². The summed E-state index contributed by atoms with van der Waals surface area (Å²) in [6, 6.07) is 13.0. The average molecular weight is 444 g/mol. The third kappa shape index (κ3) is 4.24. The first kappa shape index (κ1) is 21.3. The summed E-state index contributed by atoms with van der Waals surface area (Å²) in [7, 11) is 2.10. The van der Waals surface area contributed by atoms with Gasteiger partial charge in [-0.1, -0.05) is 6.07 Å². The average Bonchev–Trinajstić information content (AvgIpc) is 3.26. The minimum Gasteiger partial charge on any atom is -0.349 e. The lowest BCUT2D eigenvalue weighted by Gasteiger charge is -2.29. The molecule has 4 heterocycles. The fourth-order valence-corrected chi connectivity index (χ4v) is 4.40. The summed E-state index contributed by atoms with van der Waals surface area (Å²) in [5, 5.41) is 7.55. The zero-order valence-electron chi connectivity index (χ0n) is 18.8. The van der Waals surface area contributed by atoms with E-state index in [0.29, 0.717) is 11.1 Å². The molecule has 0 atom stereocenters. The van der Waals surface area contributed by atoms with Gasteiger partial charge in [-0.2, -0.15) is 5.10 Å². The molecule has 0 unspecified atom stereocenters. The molecule has 5 rings (SSSR count). The molecule has 7 heteroatoms. The van der Waals surface area contributed by atoms with Gasteiger partial charge in [0.15, 0.2) is 0 Å². The molecule has 0 saturated carbocycles. The maximum atomic E-state index is 13.8. The predicted octanol–water partition coefficient (Wildman–Crippen LogP) is 4.33. The highest BCUT2D eigenvalue weighted by molar-refractivity contribution is 6.01. The van der Waals surface area contributed by atoms with Crippen molar-refractivity contribution in [1.29, 1.82) is 0 Å². The van der Waals surface area contributed by atoms with Gasteiger partial charge in [-0.3, -0.25) is 9.78 Å². The number of amides is 1. The molecule has 6 nitrogen and oxygen atoms in total. The molecule has 0 aliphatic carbocycles. The van der Waals surface area contributed by atoms with Crippen LogP contribution in [0.1, 0.15) is 28.8 Å². The van der Waals surface area contributed by atoms with Gasteiger partial charge < -0.3 is 10.2 Å². The molecular weight excluding hydrogens is 417 g/mol. The smallest absolute Gasteiger partial charge is 0.255 e. The number of halogens is 1. The van der Waals surface area contributed by atoms with Crippen LogP contribution in [0.15, 0.2) is 61.1 Å². The number of aromatic nitrogens is 3. The fourth-order valence-electron chi connectivity index (χ4n) is 4.40. The predicted molar refractivity (Wildman–Crippen MR) is 127 cm³/mol. The zero-order valence-corrected chi connectivity index (χ0v) is 18.8. The van der Waals surface area contributed by atoms with E-state index in [9.17, 15) is 9.18 Å². The number of aryl methyl sites for hydroxylation is 1. The number of piperidine rings is 1. The second-order valence-corrected chi connectivity index (χ2v) is 8.72. The molecule has 1 saturated heterocycles. The third-order valence-corrected chi connectivity index (χ3v) is 6.37. The van der Waals surface area contributed by atoms with Crippen molar-refractivity contribution in [1.82, 2.24) is 24.8 Å². The number of fused-ring (bicyclic) bond motifs is 1. The maximum absolute atomic E-state index is 13.8. The quantitative estimate of drug-likeness (QED) is 0.510.